The van der Waals surface area contributed by atoms with Crippen LogP contribution < -0.4 is 9.47 Å². The van der Waals surface area contributed by atoms with Crippen molar-refractivity contribution in [1.82, 2.24) is 0 Å². The summed E-state index contributed by atoms with van der Waals surface area (Å²) in [5, 5.41) is 10.9. The van der Waals surface area contributed by atoms with E-state index in [1.54, 1.807) is 13.2 Å². The predicted octanol–water partition coefficient (Wildman–Crippen LogP) is 2.41. The fourth-order valence-corrected chi connectivity index (χ4v) is 4.12. The summed E-state index contributed by atoms with van der Waals surface area (Å²) < 4.78 is 23.2. The van der Waals surface area contributed by atoms with E-state index in [1.165, 1.54) is 0 Å². The van der Waals surface area contributed by atoms with Crippen molar-refractivity contribution in [1.29, 1.82) is 0 Å². The van der Waals surface area contributed by atoms with Crippen molar-refractivity contribution in [3.8, 4) is 11.5 Å². The minimum atomic E-state index is -0.633. The summed E-state index contributed by atoms with van der Waals surface area (Å²) in [4.78, 5) is 10.5. The molecule has 2 atom stereocenters. The van der Waals surface area contributed by atoms with Crippen LogP contribution >= 0.6 is 0 Å². The van der Waals surface area contributed by atoms with E-state index in [0.29, 0.717) is 44.0 Å². The molecule has 1 aromatic carbocycles. The van der Waals surface area contributed by atoms with Crippen LogP contribution in [-0.4, -0.2) is 37.1 Å². The molecule has 1 saturated carbocycles. The number of para-hydroxylation sites is 1. The van der Waals surface area contributed by atoms with Crippen molar-refractivity contribution in [2.45, 2.75) is 36.6 Å². The van der Waals surface area contributed by atoms with Crippen molar-refractivity contribution in [3.63, 3.8) is 0 Å². The first-order valence-electron chi connectivity index (χ1n) is 8.03. The van der Waals surface area contributed by atoms with Gasteiger partial charge in [-0.3, -0.25) is 10.1 Å². The molecule has 1 spiro atoms. The van der Waals surface area contributed by atoms with Gasteiger partial charge < -0.3 is 18.9 Å². The predicted molar refractivity (Wildman–Crippen MR) is 83.7 cm³/mol. The third kappa shape index (κ3) is 2.19. The summed E-state index contributed by atoms with van der Waals surface area (Å²) in [5.74, 6) is 0.664. The van der Waals surface area contributed by atoms with Gasteiger partial charge in [0.2, 0.25) is 6.20 Å². The Morgan fingerprint density at radius 3 is 2.83 bits per heavy atom. The van der Waals surface area contributed by atoms with Gasteiger partial charge in [-0.05, 0) is 12.5 Å². The topological polar surface area (TPSA) is 80.1 Å². The molecule has 1 saturated heterocycles. The monoisotopic (exact) mass is 333 g/mol. The molecule has 0 amide bonds. The molecule has 7 nitrogen and oxygen atoms in total. The lowest BCUT2D eigenvalue weighted by molar-refractivity contribution is -0.403. The van der Waals surface area contributed by atoms with E-state index < -0.39 is 16.1 Å². The molecule has 4 rings (SSSR count). The molecule has 2 aliphatic heterocycles. The van der Waals surface area contributed by atoms with Gasteiger partial charge in [0.25, 0.3) is 0 Å². The van der Waals surface area contributed by atoms with Gasteiger partial charge >= 0.3 is 0 Å². The molecule has 24 heavy (non-hydrogen) atoms. The van der Waals surface area contributed by atoms with Crippen LogP contribution in [0.1, 0.15) is 24.8 Å². The van der Waals surface area contributed by atoms with Crippen LogP contribution in [0.2, 0.25) is 0 Å². The molecule has 3 aliphatic rings. The smallest absolute Gasteiger partial charge is 0.231 e. The van der Waals surface area contributed by atoms with Gasteiger partial charge in [0.15, 0.2) is 17.3 Å². The van der Waals surface area contributed by atoms with Crippen LogP contribution in [0.4, 0.5) is 0 Å². The second-order valence-corrected chi connectivity index (χ2v) is 6.40. The molecular weight excluding hydrogens is 314 g/mol. The first-order chi connectivity index (χ1) is 11.6. The number of hydrogen-bond donors (Lipinski definition) is 0. The number of fused-ring (bicyclic) bond motifs is 3. The maximum atomic E-state index is 10.9. The Balaban J connectivity index is 1.78. The molecule has 1 aliphatic carbocycles. The van der Waals surface area contributed by atoms with Crippen molar-refractivity contribution >= 4 is 0 Å². The highest BCUT2D eigenvalue weighted by molar-refractivity contribution is 5.56. The summed E-state index contributed by atoms with van der Waals surface area (Å²) in [7, 11) is 1.59. The lowest BCUT2D eigenvalue weighted by Gasteiger charge is -2.43. The number of rotatable bonds is 3. The number of benzene rings is 1. The second kappa shape index (κ2) is 5.46. The number of methoxy groups -OCH3 is 1. The van der Waals surface area contributed by atoms with E-state index in [-0.39, 0.29) is 6.10 Å². The zero-order valence-corrected chi connectivity index (χ0v) is 13.4. The molecule has 128 valence electrons. The highest BCUT2D eigenvalue weighted by atomic mass is 16.7. The first kappa shape index (κ1) is 15.4. The maximum absolute atomic E-state index is 10.9. The Morgan fingerprint density at radius 2 is 2.12 bits per heavy atom. The normalized spacial score (nSPS) is 30.1. The Morgan fingerprint density at radius 1 is 1.33 bits per heavy atom. The molecule has 7 heteroatoms. The van der Waals surface area contributed by atoms with E-state index in [1.807, 2.05) is 18.2 Å². The average molecular weight is 333 g/mol. The molecule has 0 aromatic heterocycles. The third-order valence-corrected chi connectivity index (χ3v) is 5.26. The number of nitrogens with zero attached hydrogens (tertiary/aromatic N) is 1. The largest absolute Gasteiger partial charge is 0.493 e. The second-order valence-electron chi connectivity index (χ2n) is 6.40. The van der Waals surface area contributed by atoms with Gasteiger partial charge in [-0.1, -0.05) is 12.1 Å². The van der Waals surface area contributed by atoms with Gasteiger partial charge in [-0.25, -0.2) is 0 Å². The Bertz CT molecular complexity index is 696. The van der Waals surface area contributed by atoms with Crippen molar-refractivity contribution < 1.29 is 23.9 Å². The van der Waals surface area contributed by atoms with Gasteiger partial charge in [0.1, 0.15) is 6.10 Å². The highest BCUT2D eigenvalue weighted by Crippen LogP contribution is 2.57. The minimum Gasteiger partial charge on any atom is -0.493 e. The van der Waals surface area contributed by atoms with Gasteiger partial charge in [-0.2, -0.15) is 0 Å². The van der Waals surface area contributed by atoms with Gasteiger partial charge in [-0.15, -0.1) is 0 Å². The number of hydrogen-bond acceptors (Lipinski definition) is 6. The van der Waals surface area contributed by atoms with Crippen LogP contribution in [0.3, 0.4) is 0 Å². The summed E-state index contributed by atoms with van der Waals surface area (Å²) in [5.41, 5.74) is 0.370. The average Bonchev–Trinajstić information content (AvgIpc) is 3.16. The number of nitro groups is 1. The van der Waals surface area contributed by atoms with Crippen LogP contribution in [0.15, 0.2) is 30.5 Å². The zero-order valence-electron chi connectivity index (χ0n) is 13.4. The van der Waals surface area contributed by atoms with Crippen molar-refractivity contribution in [3.05, 3.63) is 46.2 Å². The molecule has 1 aromatic rings. The third-order valence-electron chi connectivity index (χ3n) is 5.26. The molecule has 2 fully saturated rings. The Hall–Kier alpha value is -2.12. The molecule has 0 N–H and O–H groups in total. The lowest BCUT2D eigenvalue weighted by atomic mass is 9.67. The molecular formula is C17H19NO6. The Labute approximate surface area is 139 Å². The maximum Gasteiger partial charge on any atom is 0.231 e. The quantitative estimate of drug-likeness (QED) is 0.624. The van der Waals surface area contributed by atoms with Crippen molar-refractivity contribution in [2.24, 2.45) is 0 Å². The van der Waals surface area contributed by atoms with Gasteiger partial charge in [0.05, 0.1) is 30.7 Å². The van der Waals surface area contributed by atoms with Crippen LogP contribution in [0, 0.1) is 10.1 Å². The van der Waals surface area contributed by atoms with E-state index in [0.717, 1.165) is 11.8 Å². The SMILES string of the molecule is COc1cccc2c1O[C@H]1CC3(CC[C@@]21/C=C/[N+](=O)[O-])OCCO3. The molecule has 0 radical (unpaired) electrons. The Kier molecular flexibility index (Phi) is 3.51. The van der Waals surface area contributed by atoms with E-state index in [9.17, 15) is 10.1 Å². The summed E-state index contributed by atoms with van der Waals surface area (Å²) in [6, 6.07) is 5.67. The fourth-order valence-electron chi connectivity index (χ4n) is 4.12. The zero-order chi connectivity index (χ0) is 16.8. The minimum absolute atomic E-state index is 0.285. The van der Waals surface area contributed by atoms with E-state index >= 15 is 0 Å². The van der Waals surface area contributed by atoms with Gasteiger partial charge in [0, 0.05) is 24.5 Å². The summed E-state index contributed by atoms with van der Waals surface area (Å²) >= 11 is 0. The first-order valence-corrected chi connectivity index (χ1v) is 8.03. The van der Waals surface area contributed by atoms with E-state index in [2.05, 4.69) is 0 Å². The molecule has 0 bridgehead atoms. The molecule has 2 heterocycles. The van der Waals surface area contributed by atoms with E-state index in [4.69, 9.17) is 18.9 Å². The fraction of sp³-hybridized carbons (Fsp3) is 0.529. The van der Waals surface area contributed by atoms with Crippen LogP contribution in [-0.2, 0) is 14.9 Å². The number of ether oxygens (including phenoxy) is 4. The molecule has 0 unspecified atom stereocenters. The summed E-state index contributed by atoms with van der Waals surface area (Å²) in [6.07, 6.45) is 4.25. The standard InChI is InChI=1S/C17H19NO6/c1-21-13-4-2-3-12-15(13)24-14-11-17(22-9-10-23-17)6-5-16(12,14)7-8-18(19)20/h2-4,7-8,14H,5-6,9-11H2,1H3/b8-7+/t14-,16+/m0/s1. The van der Waals surface area contributed by atoms with Crippen molar-refractivity contribution in [2.75, 3.05) is 20.3 Å². The highest BCUT2D eigenvalue weighted by Gasteiger charge is 2.57. The lowest BCUT2D eigenvalue weighted by Crippen LogP contribution is -2.50. The summed E-state index contributed by atoms with van der Waals surface area (Å²) in [6.45, 7) is 1.14. The van der Waals surface area contributed by atoms with Crippen LogP contribution in [0.25, 0.3) is 0 Å². The van der Waals surface area contributed by atoms with Crippen LogP contribution in [0.5, 0.6) is 11.5 Å².